The zero-order chi connectivity index (χ0) is 29.5. The highest BCUT2D eigenvalue weighted by atomic mass is 16.5. The summed E-state index contributed by atoms with van der Waals surface area (Å²) in [5.41, 5.74) is 5.21. The number of hydrogen-bond acceptors (Lipinski definition) is 6. The van der Waals surface area contributed by atoms with Crippen molar-refractivity contribution < 1.29 is 14.6 Å². The van der Waals surface area contributed by atoms with Crippen molar-refractivity contribution in [3.05, 3.63) is 97.7 Å². The number of aliphatic carboxylic acids is 1. The molecule has 0 atom stereocenters. The number of nitrogens with zero attached hydrogens (tertiary/aromatic N) is 3. The Balaban J connectivity index is 1.43. The Morgan fingerprint density at radius 3 is 2.32 bits per heavy atom. The van der Waals surface area contributed by atoms with Gasteiger partial charge in [-0.1, -0.05) is 55.5 Å². The van der Waals surface area contributed by atoms with Crippen LogP contribution in [0.2, 0.25) is 0 Å². The smallest absolute Gasteiger partial charge is 0.309 e. The third-order valence-electron chi connectivity index (χ3n) is 7.64. The van der Waals surface area contributed by atoms with Crippen LogP contribution >= 0.6 is 0 Å². The second-order valence-corrected chi connectivity index (χ2v) is 11.1. The van der Waals surface area contributed by atoms with Crippen LogP contribution in [0.5, 0.6) is 5.75 Å². The summed E-state index contributed by atoms with van der Waals surface area (Å²) in [6.07, 6.45) is 0.991. The zero-order valence-electron chi connectivity index (χ0n) is 23.9. The SMILES string of the molecule is CCc1nc2c(C)cc(C)nc2n1Cc1ccc(-c2ccccc2-c2c(OCCC(C)(C)C(=O)O)c(=O)c2=O)cc1. The van der Waals surface area contributed by atoms with E-state index < -0.39 is 22.2 Å². The van der Waals surface area contributed by atoms with Crippen molar-refractivity contribution in [2.45, 2.75) is 54.0 Å². The molecule has 1 N–H and O–H groups in total. The van der Waals surface area contributed by atoms with E-state index in [2.05, 4.69) is 24.5 Å². The summed E-state index contributed by atoms with van der Waals surface area (Å²) in [4.78, 5) is 46.1. The minimum atomic E-state index is -1.01. The van der Waals surface area contributed by atoms with E-state index in [1.165, 1.54) is 0 Å². The maximum atomic E-state index is 12.7. The van der Waals surface area contributed by atoms with Gasteiger partial charge in [0.15, 0.2) is 11.4 Å². The van der Waals surface area contributed by atoms with Crippen LogP contribution < -0.4 is 15.6 Å². The van der Waals surface area contributed by atoms with Crippen LogP contribution in [0.4, 0.5) is 0 Å². The molecule has 5 aromatic rings. The Hall–Kier alpha value is -4.59. The van der Waals surface area contributed by atoms with Crippen molar-refractivity contribution in [2.24, 2.45) is 5.41 Å². The summed E-state index contributed by atoms with van der Waals surface area (Å²) in [7, 11) is 0. The number of benzene rings is 2. The van der Waals surface area contributed by atoms with E-state index in [1.54, 1.807) is 19.9 Å². The number of imidazole rings is 1. The third kappa shape index (κ3) is 5.17. The third-order valence-corrected chi connectivity index (χ3v) is 7.64. The van der Waals surface area contributed by atoms with Crippen LogP contribution in [0, 0.1) is 19.3 Å². The number of pyridine rings is 1. The first-order valence-electron chi connectivity index (χ1n) is 13.7. The number of aryl methyl sites for hydroxylation is 3. The summed E-state index contributed by atoms with van der Waals surface area (Å²) in [6.45, 7) is 9.97. The summed E-state index contributed by atoms with van der Waals surface area (Å²) in [5.74, 6) is 0.0289. The first-order valence-corrected chi connectivity index (χ1v) is 13.7. The van der Waals surface area contributed by atoms with Crippen molar-refractivity contribution in [3.63, 3.8) is 0 Å². The average molecular weight is 552 g/mol. The van der Waals surface area contributed by atoms with Crippen LogP contribution in [-0.2, 0) is 17.8 Å². The van der Waals surface area contributed by atoms with Crippen molar-refractivity contribution in [3.8, 4) is 28.0 Å². The van der Waals surface area contributed by atoms with Gasteiger partial charge >= 0.3 is 5.97 Å². The van der Waals surface area contributed by atoms with Gasteiger partial charge in [-0.25, -0.2) is 9.97 Å². The minimum absolute atomic E-state index is 0.00238. The summed E-state index contributed by atoms with van der Waals surface area (Å²) in [6, 6.07) is 17.6. The number of carbonyl (C=O) groups is 1. The van der Waals surface area contributed by atoms with Gasteiger partial charge in [0.2, 0.25) is 5.43 Å². The normalized spacial score (nSPS) is 11.8. The van der Waals surface area contributed by atoms with E-state index in [9.17, 15) is 19.5 Å². The summed E-state index contributed by atoms with van der Waals surface area (Å²) >= 11 is 0. The Kier molecular flexibility index (Phi) is 7.34. The standard InChI is InChI=1S/C33H33N3O5/c1-6-25-35-27-19(2)17-20(3)34-31(27)36(25)18-21-11-13-22(14-12-21)23-9-7-8-10-24(23)26-28(37)29(38)30(26)41-16-15-33(4,5)32(39)40/h7-14,17H,6,15-16,18H2,1-5H3,(H,39,40). The van der Waals surface area contributed by atoms with Gasteiger partial charge in [0.1, 0.15) is 11.3 Å². The van der Waals surface area contributed by atoms with Gasteiger partial charge in [-0.2, -0.15) is 0 Å². The number of rotatable bonds is 10. The first-order chi connectivity index (χ1) is 19.5. The van der Waals surface area contributed by atoms with Gasteiger partial charge in [-0.15, -0.1) is 0 Å². The molecule has 0 radical (unpaired) electrons. The zero-order valence-corrected chi connectivity index (χ0v) is 23.9. The molecule has 8 nitrogen and oxygen atoms in total. The number of fused-ring (bicyclic) bond motifs is 1. The summed E-state index contributed by atoms with van der Waals surface area (Å²) < 4.78 is 7.85. The molecule has 2 heterocycles. The molecule has 8 heteroatoms. The first kappa shape index (κ1) is 28.0. The molecule has 0 amide bonds. The molecule has 0 bridgehead atoms. The molecule has 0 saturated carbocycles. The minimum Gasteiger partial charge on any atom is -0.489 e. The van der Waals surface area contributed by atoms with Crippen molar-refractivity contribution in [2.75, 3.05) is 6.61 Å². The Morgan fingerprint density at radius 2 is 1.66 bits per heavy atom. The molecular weight excluding hydrogens is 518 g/mol. The van der Waals surface area contributed by atoms with E-state index in [4.69, 9.17) is 14.7 Å². The predicted octanol–water partition coefficient (Wildman–Crippen LogP) is 5.47. The van der Waals surface area contributed by atoms with E-state index in [0.29, 0.717) is 12.1 Å². The topological polar surface area (TPSA) is 111 Å². The monoisotopic (exact) mass is 551 g/mol. The van der Waals surface area contributed by atoms with Gasteiger partial charge in [-0.05, 0) is 68.0 Å². The fraction of sp³-hybridized carbons (Fsp3) is 0.303. The highest BCUT2D eigenvalue weighted by Crippen LogP contribution is 2.35. The van der Waals surface area contributed by atoms with Crippen molar-refractivity contribution in [1.29, 1.82) is 0 Å². The largest absolute Gasteiger partial charge is 0.489 e. The lowest BCUT2D eigenvalue weighted by molar-refractivity contribution is -0.147. The molecule has 5 rings (SSSR count). The molecule has 0 unspecified atom stereocenters. The van der Waals surface area contributed by atoms with Crippen molar-refractivity contribution in [1.82, 2.24) is 14.5 Å². The Bertz CT molecular complexity index is 1840. The molecule has 0 spiro atoms. The number of hydrogen-bond donors (Lipinski definition) is 1. The molecular formula is C33H33N3O5. The molecule has 210 valence electrons. The lowest BCUT2D eigenvalue weighted by atomic mass is 9.90. The molecule has 0 fully saturated rings. The fourth-order valence-electron chi connectivity index (χ4n) is 5.08. The molecule has 0 aliphatic carbocycles. The van der Waals surface area contributed by atoms with E-state index in [-0.39, 0.29) is 24.3 Å². The van der Waals surface area contributed by atoms with Crippen LogP contribution in [-0.4, -0.2) is 32.2 Å². The Labute approximate surface area is 238 Å². The Morgan fingerprint density at radius 1 is 0.976 bits per heavy atom. The number of carboxylic acids is 1. The summed E-state index contributed by atoms with van der Waals surface area (Å²) in [5, 5.41) is 9.35. The van der Waals surface area contributed by atoms with Gasteiger partial charge in [0.05, 0.1) is 24.1 Å². The molecule has 41 heavy (non-hydrogen) atoms. The van der Waals surface area contributed by atoms with Gasteiger partial charge in [0, 0.05) is 12.1 Å². The predicted molar refractivity (Wildman–Crippen MR) is 159 cm³/mol. The van der Waals surface area contributed by atoms with Crippen molar-refractivity contribution >= 4 is 17.1 Å². The maximum Gasteiger partial charge on any atom is 0.309 e. The van der Waals surface area contributed by atoms with Crippen LogP contribution in [0.15, 0.2) is 64.2 Å². The number of aromatic nitrogens is 3. The number of ether oxygens (including phenoxy) is 1. The second kappa shape index (κ2) is 10.8. The van der Waals surface area contributed by atoms with Crippen LogP contribution in [0.1, 0.15) is 49.8 Å². The maximum absolute atomic E-state index is 12.7. The molecule has 0 saturated heterocycles. The van der Waals surface area contributed by atoms with E-state index >= 15 is 0 Å². The molecule has 0 aliphatic rings. The van der Waals surface area contributed by atoms with Crippen LogP contribution in [0.3, 0.4) is 0 Å². The fourth-order valence-corrected chi connectivity index (χ4v) is 5.08. The van der Waals surface area contributed by atoms with Crippen LogP contribution in [0.25, 0.3) is 33.4 Å². The quantitative estimate of drug-likeness (QED) is 0.229. The van der Waals surface area contributed by atoms with Gasteiger partial charge < -0.3 is 14.4 Å². The van der Waals surface area contributed by atoms with E-state index in [0.717, 1.165) is 51.4 Å². The highest BCUT2D eigenvalue weighted by molar-refractivity contribution is 5.87. The highest BCUT2D eigenvalue weighted by Gasteiger charge is 2.29. The number of carboxylic acid groups (broad SMARTS) is 1. The second-order valence-electron chi connectivity index (χ2n) is 11.1. The van der Waals surface area contributed by atoms with E-state index in [1.807, 2.05) is 49.4 Å². The molecule has 2 aromatic heterocycles. The average Bonchev–Trinajstić information content (AvgIpc) is 3.30. The lowest BCUT2D eigenvalue weighted by Gasteiger charge is -2.20. The molecule has 0 aliphatic heterocycles. The molecule has 3 aromatic carbocycles. The van der Waals surface area contributed by atoms with Gasteiger partial charge in [-0.3, -0.25) is 14.4 Å². The lowest BCUT2D eigenvalue weighted by Crippen LogP contribution is -2.35. The van der Waals surface area contributed by atoms with Gasteiger partial charge in [0.25, 0.3) is 5.43 Å².